The van der Waals surface area contributed by atoms with Crippen LogP contribution in [0.2, 0.25) is 0 Å². The molecular weight excluding hydrogens is 222 g/mol. The Morgan fingerprint density at radius 3 is 3.12 bits per heavy atom. The molecule has 0 unspecified atom stereocenters. The van der Waals surface area contributed by atoms with Crippen LogP contribution in [0.5, 0.6) is 0 Å². The van der Waals surface area contributed by atoms with Gasteiger partial charge in [-0.1, -0.05) is 6.92 Å². The highest BCUT2D eigenvalue weighted by Crippen LogP contribution is 2.40. The van der Waals surface area contributed by atoms with Crippen LogP contribution in [0.15, 0.2) is 0 Å². The Morgan fingerprint density at radius 2 is 2.44 bits per heavy atom. The van der Waals surface area contributed by atoms with Gasteiger partial charge in [-0.3, -0.25) is 0 Å². The average Bonchev–Trinajstić information content (AvgIpc) is 3.01. The highest BCUT2D eigenvalue weighted by atomic mass is 32.1. The molecule has 1 aromatic heterocycles. The van der Waals surface area contributed by atoms with Crippen molar-refractivity contribution >= 4 is 16.7 Å². The third-order valence-electron chi connectivity index (χ3n) is 3.67. The Hall–Kier alpha value is -0.680. The van der Waals surface area contributed by atoms with E-state index in [1.807, 2.05) is 0 Å². The summed E-state index contributed by atoms with van der Waals surface area (Å²) in [6.07, 6.45) is 3.38. The third kappa shape index (κ3) is 1.72. The molecule has 3 heterocycles. The quantitative estimate of drug-likeness (QED) is 0.787. The van der Waals surface area contributed by atoms with E-state index in [1.165, 1.54) is 24.4 Å². The number of rotatable bonds is 2. The van der Waals surface area contributed by atoms with Gasteiger partial charge in [0, 0.05) is 43.1 Å². The average molecular weight is 239 g/mol. The fourth-order valence-electron chi connectivity index (χ4n) is 2.59. The molecular formula is C11H17N3OS. The summed E-state index contributed by atoms with van der Waals surface area (Å²) in [6, 6.07) is 0. The first kappa shape index (κ1) is 10.5. The van der Waals surface area contributed by atoms with Gasteiger partial charge in [0.05, 0.1) is 6.61 Å². The van der Waals surface area contributed by atoms with Gasteiger partial charge in [-0.25, -0.2) is 4.98 Å². The summed E-state index contributed by atoms with van der Waals surface area (Å²) in [4.78, 5) is 6.94. The molecule has 1 atom stereocenters. The monoisotopic (exact) mass is 239 g/mol. The van der Waals surface area contributed by atoms with Crippen LogP contribution in [-0.4, -0.2) is 35.7 Å². The van der Waals surface area contributed by atoms with E-state index in [4.69, 9.17) is 4.74 Å². The van der Waals surface area contributed by atoms with Crippen LogP contribution in [-0.2, 0) is 11.2 Å². The van der Waals surface area contributed by atoms with Crippen LogP contribution >= 0.6 is 11.5 Å². The molecule has 88 valence electrons. The number of aryl methyl sites for hydroxylation is 1. The SMILES string of the molecule is CCc1nsc(N2CC[C@@]3(CCOC3)C2)n1. The summed E-state index contributed by atoms with van der Waals surface area (Å²) in [7, 11) is 0. The van der Waals surface area contributed by atoms with Crippen LogP contribution in [0.3, 0.4) is 0 Å². The summed E-state index contributed by atoms with van der Waals surface area (Å²) in [5, 5.41) is 1.10. The minimum Gasteiger partial charge on any atom is -0.381 e. The topological polar surface area (TPSA) is 38.2 Å². The lowest BCUT2D eigenvalue weighted by Gasteiger charge is -2.21. The van der Waals surface area contributed by atoms with E-state index in [-0.39, 0.29) is 0 Å². The number of anilines is 1. The van der Waals surface area contributed by atoms with Gasteiger partial charge in [0.25, 0.3) is 0 Å². The number of hydrogen-bond acceptors (Lipinski definition) is 5. The number of hydrogen-bond donors (Lipinski definition) is 0. The van der Waals surface area contributed by atoms with E-state index >= 15 is 0 Å². The Labute approximate surface area is 99.8 Å². The van der Waals surface area contributed by atoms with Gasteiger partial charge in [0.15, 0.2) is 0 Å². The summed E-state index contributed by atoms with van der Waals surface area (Å²) < 4.78 is 9.89. The van der Waals surface area contributed by atoms with Crippen LogP contribution < -0.4 is 4.90 Å². The smallest absolute Gasteiger partial charge is 0.205 e. The van der Waals surface area contributed by atoms with Gasteiger partial charge in [-0.05, 0) is 12.8 Å². The Kier molecular flexibility index (Phi) is 2.59. The maximum atomic E-state index is 5.53. The predicted octanol–water partition coefficient (Wildman–Crippen LogP) is 1.72. The fourth-order valence-corrected chi connectivity index (χ4v) is 3.36. The van der Waals surface area contributed by atoms with Crippen molar-refractivity contribution in [2.24, 2.45) is 5.41 Å². The third-order valence-corrected chi connectivity index (χ3v) is 4.48. The molecule has 2 fully saturated rings. The van der Waals surface area contributed by atoms with Crippen molar-refractivity contribution in [1.29, 1.82) is 0 Å². The first-order valence-corrected chi connectivity index (χ1v) is 6.74. The highest BCUT2D eigenvalue weighted by Gasteiger charge is 2.42. The Bertz CT molecular complexity index is 373. The molecule has 3 rings (SSSR count). The van der Waals surface area contributed by atoms with Crippen molar-refractivity contribution < 1.29 is 4.74 Å². The van der Waals surface area contributed by atoms with Crippen LogP contribution in [0, 0.1) is 5.41 Å². The first-order chi connectivity index (χ1) is 7.81. The van der Waals surface area contributed by atoms with E-state index in [0.29, 0.717) is 5.41 Å². The lowest BCUT2D eigenvalue weighted by Crippen LogP contribution is -2.27. The van der Waals surface area contributed by atoms with E-state index in [2.05, 4.69) is 21.2 Å². The molecule has 5 heteroatoms. The van der Waals surface area contributed by atoms with E-state index in [0.717, 1.165) is 43.7 Å². The lowest BCUT2D eigenvalue weighted by atomic mass is 9.87. The minimum atomic E-state index is 0.415. The summed E-state index contributed by atoms with van der Waals surface area (Å²) in [5.74, 6) is 0.976. The van der Waals surface area contributed by atoms with Crippen molar-refractivity contribution in [3.63, 3.8) is 0 Å². The largest absolute Gasteiger partial charge is 0.381 e. The van der Waals surface area contributed by atoms with Crippen molar-refractivity contribution in [2.45, 2.75) is 26.2 Å². The second-order valence-corrected chi connectivity index (χ2v) is 5.55. The molecule has 16 heavy (non-hydrogen) atoms. The van der Waals surface area contributed by atoms with Crippen LogP contribution in [0.4, 0.5) is 5.13 Å². The first-order valence-electron chi connectivity index (χ1n) is 5.97. The molecule has 0 amide bonds. The van der Waals surface area contributed by atoms with Crippen LogP contribution in [0.1, 0.15) is 25.6 Å². The van der Waals surface area contributed by atoms with E-state index in [1.54, 1.807) is 0 Å². The van der Waals surface area contributed by atoms with Crippen molar-refractivity contribution in [3.8, 4) is 0 Å². The molecule has 2 saturated heterocycles. The maximum absolute atomic E-state index is 5.53. The number of nitrogens with zero attached hydrogens (tertiary/aromatic N) is 3. The molecule has 0 aromatic carbocycles. The molecule has 1 spiro atoms. The van der Waals surface area contributed by atoms with Crippen molar-refractivity contribution in [2.75, 3.05) is 31.2 Å². The normalized spacial score (nSPS) is 29.4. The zero-order chi connectivity index (χ0) is 11.0. The second kappa shape index (κ2) is 3.96. The molecule has 0 saturated carbocycles. The fraction of sp³-hybridized carbons (Fsp3) is 0.818. The minimum absolute atomic E-state index is 0.415. The molecule has 1 aromatic rings. The number of ether oxygens (including phenoxy) is 1. The van der Waals surface area contributed by atoms with Gasteiger partial charge >= 0.3 is 0 Å². The van der Waals surface area contributed by atoms with Gasteiger partial charge in [-0.2, -0.15) is 4.37 Å². The second-order valence-electron chi connectivity index (χ2n) is 4.82. The van der Waals surface area contributed by atoms with Gasteiger partial charge in [0.1, 0.15) is 5.82 Å². The molecule has 0 bridgehead atoms. The van der Waals surface area contributed by atoms with Crippen molar-refractivity contribution in [3.05, 3.63) is 5.82 Å². The molecule has 4 nitrogen and oxygen atoms in total. The standard InChI is InChI=1S/C11H17N3OS/c1-2-9-12-10(16-13-9)14-5-3-11(7-14)4-6-15-8-11/h2-8H2,1H3/t11-/m1/s1. The van der Waals surface area contributed by atoms with Gasteiger partial charge < -0.3 is 9.64 Å². The summed E-state index contributed by atoms with van der Waals surface area (Å²) in [5.41, 5.74) is 0.415. The number of aromatic nitrogens is 2. The zero-order valence-corrected chi connectivity index (χ0v) is 10.4. The molecule has 2 aliphatic rings. The van der Waals surface area contributed by atoms with Gasteiger partial charge in [0.2, 0.25) is 5.13 Å². The summed E-state index contributed by atoms with van der Waals surface area (Å²) >= 11 is 1.54. The predicted molar refractivity (Wildman–Crippen MR) is 64.0 cm³/mol. The van der Waals surface area contributed by atoms with E-state index in [9.17, 15) is 0 Å². The highest BCUT2D eigenvalue weighted by molar-refractivity contribution is 7.09. The lowest BCUT2D eigenvalue weighted by molar-refractivity contribution is 0.160. The van der Waals surface area contributed by atoms with Crippen molar-refractivity contribution in [1.82, 2.24) is 9.36 Å². The zero-order valence-electron chi connectivity index (χ0n) is 9.61. The Balaban J connectivity index is 1.73. The summed E-state index contributed by atoms with van der Waals surface area (Å²) in [6.45, 7) is 6.18. The Morgan fingerprint density at radius 1 is 1.50 bits per heavy atom. The maximum Gasteiger partial charge on any atom is 0.205 e. The van der Waals surface area contributed by atoms with Crippen LogP contribution in [0.25, 0.3) is 0 Å². The molecule has 2 aliphatic heterocycles. The van der Waals surface area contributed by atoms with E-state index < -0.39 is 0 Å². The molecule has 0 radical (unpaired) electrons. The molecule has 0 N–H and O–H groups in total. The molecule has 0 aliphatic carbocycles. The van der Waals surface area contributed by atoms with Gasteiger partial charge in [-0.15, -0.1) is 0 Å².